The molecular weight excluding hydrogens is 268 g/mol. The average molecular weight is 298 g/mol. The molecular formula is C16H30N2O3. The third kappa shape index (κ3) is 4.85. The fourth-order valence-corrected chi connectivity index (χ4v) is 3.10. The summed E-state index contributed by atoms with van der Waals surface area (Å²) < 4.78 is 5.33. The highest BCUT2D eigenvalue weighted by atomic mass is 16.7. The van der Waals surface area contributed by atoms with Crippen molar-refractivity contribution in [1.82, 2.24) is 10.8 Å². The molecule has 2 N–H and O–H groups in total. The molecule has 0 aromatic rings. The van der Waals surface area contributed by atoms with E-state index in [-0.39, 0.29) is 12.2 Å². The van der Waals surface area contributed by atoms with E-state index in [4.69, 9.17) is 9.57 Å². The summed E-state index contributed by atoms with van der Waals surface area (Å²) in [6, 6.07) is 0.736. The first-order valence-electron chi connectivity index (χ1n) is 8.11. The number of carbonyl (C=O) groups is 1. The van der Waals surface area contributed by atoms with E-state index in [1.54, 1.807) is 0 Å². The van der Waals surface area contributed by atoms with Gasteiger partial charge in [-0.1, -0.05) is 0 Å². The van der Waals surface area contributed by atoms with Gasteiger partial charge in [0.2, 0.25) is 0 Å². The van der Waals surface area contributed by atoms with Crippen LogP contribution in [0.5, 0.6) is 0 Å². The molecule has 1 atom stereocenters. The Bertz CT molecular complexity index is 368. The lowest BCUT2D eigenvalue weighted by molar-refractivity contribution is -0.0364. The maximum atomic E-state index is 11.8. The zero-order valence-electron chi connectivity index (χ0n) is 14.0. The Hall–Kier alpha value is -0.810. The van der Waals surface area contributed by atoms with Crippen LogP contribution in [0.2, 0.25) is 0 Å². The molecule has 0 saturated heterocycles. The Morgan fingerprint density at radius 3 is 2.38 bits per heavy atom. The lowest BCUT2D eigenvalue weighted by Crippen LogP contribution is -2.39. The van der Waals surface area contributed by atoms with Crippen LogP contribution in [0.15, 0.2) is 0 Å². The smallest absolute Gasteiger partial charge is 0.407 e. The maximum Gasteiger partial charge on any atom is 0.407 e. The number of hydrogen-bond donors (Lipinski definition) is 2. The van der Waals surface area contributed by atoms with Crippen molar-refractivity contribution >= 4 is 6.09 Å². The minimum absolute atomic E-state index is 0.211. The minimum Gasteiger partial charge on any atom is -0.444 e. The zero-order chi connectivity index (χ0) is 15.7. The first-order chi connectivity index (χ1) is 9.70. The number of nitrogens with one attached hydrogen (secondary N) is 2. The summed E-state index contributed by atoms with van der Waals surface area (Å²) in [5, 5.41) is 3.02. The van der Waals surface area contributed by atoms with Gasteiger partial charge >= 0.3 is 6.09 Å². The summed E-state index contributed by atoms with van der Waals surface area (Å²) in [5.41, 5.74) is 3.04. The summed E-state index contributed by atoms with van der Waals surface area (Å²) in [4.78, 5) is 17.3. The van der Waals surface area contributed by atoms with Gasteiger partial charge in [-0.15, -0.1) is 0 Å². The van der Waals surface area contributed by atoms with Crippen molar-refractivity contribution in [2.75, 3.05) is 0 Å². The molecule has 1 amide bonds. The Balaban J connectivity index is 1.70. The monoisotopic (exact) mass is 298 g/mol. The fourth-order valence-electron chi connectivity index (χ4n) is 3.10. The molecule has 0 aliphatic heterocycles. The molecule has 122 valence electrons. The molecule has 0 radical (unpaired) electrons. The van der Waals surface area contributed by atoms with Crippen LogP contribution in [-0.4, -0.2) is 29.9 Å². The Kier molecular flexibility index (Phi) is 4.83. The minimum atomic E-state index is -0.429. The van der Waals surface area contributed by atoms with Crippen molar-refractivity contribution in [3.8, 4) is 0 Å². The number of hydrogen-bond acceptors (Lipinski definition) is 4. The van der Waals surface area contributed by atoms with Crippen LogP contribution in [0.4, 0.5) is 4.79 Å². The summed E-state index contributed by atoms with van der Waals surface area (Å²) in [6.45, 7) is 9.72. The number of hydroxylamine groups is 1. The Labute approximate surface area is 128 Å². The normalized spacial score (nSPS) is 32.3. The van der Waals surface area contributed by atoms with E-state index < -0.39 is 5.60 Å². The van der Waals surface area contributed by atoms with Crippen molar-refractivity contribution in [1.29, 1.82) is 0 Å². The van der Waals surface area contributed by atoms with Gasteiger partial charge in [-0.05, 0) is 72.1 Å². The molecule has 2 fully saturated rings. The summed E-state index contributed by atoms with van der Waals surface area (Å²) in [7, 11) is 0. The van der Waals surface area contributed by atoms with Crippen LogP contribution in [0, 0.1) is 5.41 Å². The second-order valence-corrected chi connectivity index (χ2v) is 7.82. The molecule has 5 heteroatoms. The van der Waals surface area contributed by atoms with E-state index in [2.05, 4.69) is 10.8 Å². The van der Waals surface area contributed by atoms with Crippen LogP contribution in [0.3, 0.4) is 0 Å². The van der Waals surface area contributed by atoms with Crippen molar-refractivity contribution < 1.29 is 14.4 Å². The fraction of sp³-hybridized carbons (Fsp3) is 0.938. The molecule has 21 heavy (non-hydrogen) atoms. The van der Waals surface area contributed by atoms with Crippen LogP contribution in [0.1, 0.15) is 66.7 Å². The molecule has 2 saturated carbocycles. The molecule has 0 heterocycles. The van der Waals surface area contributed by atoms with Gasteiger partial charge < -0.3 is 10.1 Å². The van der Waals surface area contributed by atoms with Crippen LogP contribution >= 0.6 is 0 Å². The highest BCUT2D eigenvalue weighted by Gasteiger charge is 2.56. The predicted molar refractivity (Wildman–Crippen MR) is 81.8 cm³/mol. The molecule has 0 bridgehead atoms. The van der Waals surface area contributed by atoms with Crippen molar-refractivity contribution in [2.24, 2.45) is 5.41 Å². The summed E-state index contributed by atoms with van der Waals surface area (Å²) in [6.07, 6.45) is 5.53. The molecule has 1 spiro atoms. The molecule has 1 unspecified atom stereocenters. The average Bonchev–Trinajstić information content (AvgIpc) is 2.98. The lowest BCUT2D eigenvalue weighted by Gasteiger charge is -2.30. The number of carbonyl (C=O) groups excluding carboxylic acids is 1. The van der Waals surface area contributed by atoms with Gasteiger partial charge in [0.1, 0.15) is 5.60 Å². The van der Waals surface area contributed by atoms with Gasteiger partial charge in [-0.3, -0.25) is 4.84 Å². The van der Waals surface area contributed by atoms with E-state index in [0.717, 1.165) is 32.1 Å². The van der Waals surface area contributed by atoms with E-state index in [0.29, 0.717) is 17.5 Å². The SMILES string of the molecule is CC(C)ONC1CCC2(CC1)CC2NC(=O)OC(C)(C)C. The van der Waals surface area contributed by atoms with E-state index in [1.807, 2.05) is 34.6 Å². The van der Waals surface area contributed by atoms with E-state index in [9.17, 15) is 4.79 Å². The zero-order valence-corrected chi connectivity index (χ0v) is 14.0. The van der Waals surface area contributed by atoms with Gasteiger partial charge in [0, 0.05) is 12.1 Å². The first-order valence-corrected chi connectivity index (χ1v) is 8.11. The standard InChI is InChI=1S/C16H30N2O3/c1-11(2)21-18-12-6-8-16(9-7-12)10-13(16)17-14(19)20-15(3,4)5/h11-13,18H,6-10H2,1-5H3,(H,17,19). The molecule has 0 aromatic carbocycles. The molecule has 2 aliphatic carbocycles. The topological polar surface area (TPSA) is 59.6 Å². The van der Waals surface area contributed by atoms with Crippen molar-refractivity contribution in [2.45, 2.75) is 90.5 Å². The van der Waals surface area contributed by atoms with Crippen LogP contribution in [0.25, 0.3) is 0 Å². The van der Waals surface area contributed by atoms with Crippen LogP contribution < -0.4 is 10.8 Å². The van der Waals surface area contributed by atoms with Crippen molar-refractivity contribution in [3.05, 3.63) is 0 Å². The number of rotatable bonds is 4. The highest BCUT2D eigenvalue weighted by molar-refractivity contribution is 5.68. The molecule has 2 aliphatic rings. The third-order valence-corrected chi connectivity index (χ3v) is 4.33. The van der Waals surface area contributed by atoms with Gasteiger partial charge in [-0.25, -0.2) is 4.79 Å². The van der Waals surface area contributed by atoms with Gasteiger partial charge in [0.05, 0.1) is 6.10 Å². The predicted octanol–water partition coefficient (Wildman–Crippen LogP) is 3.14. The summed E-state index contributed by atoms with van der Waals surface area (Å²) in [5.74, 6) is 0. The third-order valence-electron chi connectivity index (χ3n) is 4.33. The largest absolute Gasteiger partial charge is 0.444 e. The van der Waals surface area contributed by atoms with Crippen molar-refractivity contribution in [3.63, 3.8) is 0 Å². The number of amides is 1. The highest BCUT2D eigenvalue weighted by Crippen LogP contribution is 2.56. The van der Waals surface area contributed by atoms with Crippen LogP contribution in [-0.2, 0) is 9.57 Å². The number of alkyl carbamates (subject to hydrolysis) is 1. The lowest BCUT2D eigenvalue weighted by atomic mass is 9.83. The molecule has 2 rings (SSSR count). The molecule has 5 nitrogen and oxygen atoms in total. The second kappa shape index (κ2) is 6.13. The Morgan fingerprint density at radius 2 is 1.86 bits per heavy atom. The number of ether oxygens (including phenoxy) is 1. The second-order valence-electron chi connectivity index (χ2n) is 7.82. The summed E-state index contributed by atoms with van der Waals surface area (Å²) >= 11 is 0. The first kappa shape index (κ1) is 16.6. The van der Waals surface area contributed by atoms with E-state index >= 15 is 0 Å². The maximum absolute atomic E-state index is 11.8. The van der Waals surface area contributed by atoms with Gasteiger partial charge in [0.15, 0.2) is 0 Å². The molecule has 0 aromatic heterocycles. The van der Waals surface area contributed by atoms with Gasteiger partial charge in [0.25, 0.3) is 0 Å². The quantitative estimate of drug-likeness (QED) is 0.783. The Morgan fingerprint density at radius 1 is 1.24 bits per heavy atom. The van der Waals surface area contributed by atoms with Gasteiger partial charge in [-0.2, -0.15) is 5.48 Å². The van der Waals surface area contributed by atoms with E-state index in [1.165, 1.54) is 0 Å².